The van der Waals surface area contributed by atoms with Crippen LogP contribution in [0.5, 0.6) is 0 Å². The zero-order valence-electron chi connectivity index (χ0n) is 11.9. The Labute approximate surface area is 120 Å². The van der Waals surface area contributed by atoms with Gasteiger partial charge in [0.1, 0.15) is 6.61 Å². The summed E-state index contributed by atoms with van der Waals surface area (Å²) in [5.41, 5.74) is 0. The summed E-state index contributed by atoms with van der Waals surface area (Å²) in [6.45, 7) is 7.51. The third-order valence-corrected chi connectivity index (χ3v) is 5.17. The van der Waals surface area contributed by atoms with Crippen molar-refractivity contribution in [2.75, 3.05) is 24.7 Å². The third-order valence-electron chi connectivity index (χ3n) is 2.65. The Bertz CT molecular complexity index is 203. The van der Waals surface area contributed by atoms with E-state index in [-0.39, 0.29) is 6.09 Å². The molecule has 0 aliphatic carbocycles. The van der Waals surface area contributed by atoms with Crippen molar-refractivity contribution in [3.05, 3.63) is 0 Å². The molecule has 0 heterocycles. The Balaban J connectivity index is 3.35. The summed E-state index contributed by atoms with van der Waals surface area (Å²) in [5, 5.41) is 2.61. The Morgan fingerprint density at radius 3 is 2.67 bits per heavy atom. The van der Waals surface area contributed by atoms with Gasteiger partial charge in [-0.3, -0.25) is 0 Å². The van der Waals surface area contributed by atoms with Gasteiger partial charge in [-0.2, -0.15) is 0 Å². The summed E-state index contributed by atoms with van der Waals surface area (Å²) >= 11 is 0. The van der Waals surface area contributed by atoms with Crippen LogP contribution >= 0.6 is 21.6 Å². The number of amides is 1. The number of hydrogen-bond acceptors (Lipinski definition) is 4. The van der Waals surface area contributed by atoms with Gasteiger partial charge >= 0.3 is 6.09 Å². The van der Waals surface area contributed by atoms with Gasteiger partial charge in [0.05, 0.1) is 0 Å². The van der Waals surface area contributed by atoms with Gasteiger partial charge in [-0.25, -0.2) is 4.79 Å². The van der Waals surface area contributed by atoms with Gasteiger partial charge in [0.2, 0.25) is 0 Å². The molecular formula is C13H27NO2S2. The first-order chi connectivity index (χ1) is 8.74. The van der Waals surface area contributed by atoms with Crippen molar-refractivity contribution in [3.8, 4) is 0 Å². The molecule has 0 bridgehead atoms. The van der Waals surface area contributed by atoms with Crippen molar-refractivity contribution in [1.29, 1.82) is 0 Å². The number of ether oxygens (including phenoxy) is 1. The first kappa shape index (κ1) is 18.0. The molecule has 1 amide bonds. The first-order valence-electron chi connectivity index (χ1n) is 6.89. The van der Waals surface area contributed by atoms with Crippen molar-refractivity contribution in [2.45, 2.75) is 46.5 Å². The van der Waals surface area contributed by atoms with E-state index in [9.17, 15) is 4.79 Å². The maximum absolute atomic E-state index is 11.0. The van der Waals surface area contributed by atoms with Crippen LogP contribution in [0.1, 0.15) is 46.5 Å². The molecular weight excluding hydrogens is 266 g/mol. The number of hydrogen-bond donors (Lipinski definition) is 1. The standard InChI is InChI=1S/C13H27NO2S2/c1-4-7-8-12(5-2)11-18-17-10-9-16-13(15)14-6-3/h12H,4-11H2,1-3H3,(H,14,15)/t12-/m1/s1. The van der Waals surface area contributed by atoms with Crippen molar-refractivity contribution >= 4 is 27.7 Å². The van der Waals surface area contributed by atoms with Crippen LogP contribution in [0, 0.1) is 5.92 Å². The van der Waals surface area contributed by atoms with Crippen LogP contribution in [-0.4, -0.2) is 30.8 Å². The number of nitrogens with one attached hydrogen (secondary N) is 1. The highest BCUT2D eigenvalue weighted by molar-refractivity contribution is 8.76. The summed E-state index contributed by atoms with van der Waals surface area (Å²) in [7, 11) is 3.71. The third kappa shape index (κ3) is 11.1. The van der Waals surface area contributed by atoms with E-state index >= 15 is 0 Å². The monoisotopic (exact) mass is 293 g/mol. The quantitative estimate of drug-likeness (QED) is 0.454. The molecule has 0 spiro atoms. The minimum Gasteiger partial charge on any atom is -0.449 e. The molecule has 0 fully saturated rings. The van der Waals surface area contributed by atoms with E-state index in [0.717, 1.165) is 11.7 Å². The van der Waals surface area contributed by atoms with Gasteiger partial charge in [0.25, 0.3) is 0 Å². The minimum atomic E-state index is -0.308. The molecule has 0 saturated carbocycles. The Morgan fingerprint density at radius 2 is 2.06 bits per heavy atom. The fourth-order valence-electron chi connectivity index (χ4n) is 1.47. The van der Waals surface area contributed by atoms with Gasteiger partial charge in [0, 0.05) is 18.1 Å². The molecule has 0 aliphatic heterocycles. The normalized spacial score (nSPS) is 12.2. The average Bonchev–Trinajstić information content (AvgIpc) is 2.37. The smallest absolute Gasteiger partial charge is 0.407 e. The highest BCUT2D eigenvalue weighted by Crippen LogP contribution is 2.27. The average molecular weight is 293 g/mol. The molecule has 0 aliphatic rings. The van der Waals surface area contributed by atoms with Gasteiger partial charge in [-0.15, -0.1) is 0 Å². The minimum absolute atomic E-state index is 0.308. The molecule has 18 heavy (non-hydrogen) atoms. The highest BCUT2D eigenvalue weighted by atomic mass is 33.1. The molecule has 0 aromatic rings. The van der Waals surface area contributed by atoms with Crippen LogP contribution in [0.15, 0.2) is 0 Å². The number of alkyl carbamates (subject to hydrolysis) is 1. The second-order valence-corrected chi connectivity index (χ2v) is 6.82. The van der Waals surface area contributed by atoms with Crippen LogP contribution in [0.25, 0.3) is 0 Å². The molecule has 1 N–H and O–H groups in total. The Kier molecular flexibility index (Phi) is 13.4. The zero-order valence-corrected chi connectivity index (χ0v) is 13.5. The van der Waals surface area contributed by atoms with Crippen molar-refractivity contribution < 1.29 is 9.53 Å². The Morgan fingerprint density at radius 1 is 1.28 bits per heavy atom. The summed E-state index contributed by atoms with van der Waals surface area (Å²) in [6.07, 6.45) is 4.93. The largest absolute Gasteiger partial charge is 0.449 e. The molecule has 0 aromatic heterocycles. The van der Waals surface area contributed by atoms with Gasteiger partial charge in [-0.1, -0.05) is 54.7 Å². The highest BCUT2D eigenvalue weighted by Gasteiger charge is 2.06. The lowest BCUT2D eigenvalue weighted by Crippen LogP contribution is -2.24. The lowest BCUT2D eigenvalue weighted by Gasteiger charge is -2.13. The van der Waals surface area contributed by atoms with E-state index < -0.39 is 0 Å². The van der Waals surface area contributed by atoms with Crippen molar-refractivity contribution in [3.63, 3.8) is 0 Å². The van der Waals surface area contributed by atoms with Crippen LogP contribution in [0.4, 0.5) is 4.79 Å². The van der Waals surface area contributed by atoms with E-state index in [1.165, 1.54) is 31.4 Å². The maximum Gasteiger partial charge on any atom is 0.407 e. The molecule has 108 valence electrons. The molecule has 1 atom stereocenters. The maximum atomic E-state index is 11.0. The van der Waals surface area contributed by atoms with E-state index in [0.29, 0.717) is 13.2 Å². The summed E-state index contributed by atoms with van der Waals surface area (Å²) in [5.74, 6) is 2.92. The summed E-state index contributed by atoms with van der Waals surface area (Å²) in [6, 6.07) is 0. The van der Waals surface area contributed by atoms with Crippen molar-refractivity contribution in [1.82, 2.24) is 5.32 Å². The molecule has 3 nitrogen and oxygen atoms in total. The Hall–Kier alpha value is -0.0300. The molecule has 0 radical (unpaired) electrons. The van der Waals surface area contributed by atoms with Gasteiger partial charge in [0.15, 0.2) is 0 Å². The fourth-order valence-corrected chi connectivity index (χ4v) is 3.85. The van der Waals surface area contributed by atoms with E-state index in [1.807, 2.05) is 17.7 Å². The second-order valence-electron chi connectivity index (χ2n) is 4.19. The lowest BCUT2D eigenvalue weighted by molar-refractivity contribution is 0.154. The van der Waals surface area contributed by atoms with Crippen LogP contribution in [0.3, 0.4) is 0 Å². The molecule has 0 saturated heterocycles. The number of unbranched alkanes of at least 4 members (excludes halogenated alkanes) is 1. The van der Waals surface area contributed by atoms with E-state index in [2.05, 4.69) is 19.2 Å². The molecule has 0 rings (SSSR count). The van der Waals surface area contributed by atoms with Crippen LogP contribution in [0.2, 0.25) is 0 Å². The summed E-state index contributed by atoms with van der Waals surface area (Å²) < 4.78 is 5.00. The SMILES string of the molecule is CCCC[C@@H](CC)CSSCCOC(=O)NCC. The number of rotatable bonds is 11. The predicted octanol–water partition coefficient (Wildman–Crippen LogP) is 4.33. The number of carbonyl (C=O) groups is 1. The van der Waals surface area contributed by atoms with Gasteiger partial charge in [-0.05, 0) is 19.3 Å². The molecule has 0 aromatic carbocycles. The van der Waals surface area contributed by atoms with Gasteiger partial charge < -0.3 is 10.1 Å². The van der Waals surface area contributed by atoms with Crippen LogP contribution in [-0.2, 0) is 4.74 Å². The second kappa shape index (κ2) is 13.4. The number of carbonyl (C=O) groups excluding carboxylic acids is 1. The molecule has 5 heteroatoms. The predicted molar refractivity (Wildman–Crippen MR) is 83.2 cm³/mol. The van der Waals surface area contributed by atoms with Crippen LogP contribution < -0.4 is 5.32 Å². The molecule has 0 unspecified atom stereocenters. The fraction of sp³-hybridized carbons (Fsp3) is 0.923. The van der Waals surface area contributed by atoms with Crippen molar-refractivity contribution in [2.24, 2.45) is 5.92 Å². The topological polar surface area (TPSA) is 38.3 Å². The van der Waals surface area contributed by atoms with E-state index in [4.69, 9.17) is 4.74 Å². The summed E-state index contributed by atoms with van der Waals surface area (Å²) in [4.78, 5) is 11.0. The first-order valence-corrected chi connectivity index (χ1v) is 9.38. The lowest BCUT2D eigenvalue weighted by atomic mass is 10.0. The zero-order chi connectivity index (χ0) is 13.6. The van der Waals surface area contributed by atoms with E-state index in [1.54, 1.807) is 10.8 Å².